The molecule has 7 nitrogen and oxygen atoms in total. The Labute approximate surface area is 119 Å². The van der Waals surface area contributed by atoms with Gasteiger partial charge in [-0.3, -0.25) is 13.7 Å². The summed E-state index contributed by atoms with van der Waals surface area (Å²) in [6.45, 7) is 5.18. The molecular weight excluding hydrogens is 282 g/mol. The SMILES string of the molecule is CC(=O)NC(CS(=O)Cc1ccn(C(C)C)n1)C(=O)O. The Kier molecular flexibility index (Phi) is 5.87. The van der Waals surface area contributed by atoms with E-state index in [2.05, 4.69) is 10.4 Å². The van der Waals surface area contributed by atoms with Crippen molar-refractivity contribution in [3.05, 3.63) is 18.0 Å². The monoisotopic (exact) mass is 301 g/mol. The van der Waals surface area contributed by atoms with Crippen LogP contribution in [0.25, 0.3) is 0 Å². The Morgan fingerprint density at radius 2 is 2.15 bits per heavy atom. The molecule has 0 aromatic carbocycles. The van der Waals surface area contributed by atoms with Crippen molar-refractivity contribution in [2.24, 2.45) is 0 Å². The molecule has 2 unspecified atom stereocenters. The van der Waals surface area contributed by atoms with Gasteiger partial charge >= 0.3 is 5.97 Å². The van der Waals surface area contributed by atoms with Gasteiger partial charge in [0.2, 0.25) is 5.91 Å². The second-order valence-corrected chi connectivity index (χ2v) is 6.22. The predicted octanol–water partition coefficient (Wildman–Crippen LogP) is 0.302. The molecule has 0 aliphatic rings. The fourth-order valence-corrected chi connectivity index (χ4v) is 2.77. The van der Waals surface area contributed by atoms with E-state index >= 15 is 0 Å². The zero-order valence-electron chi connectivity index (χ0n) is 11.7. The van der Waals surface area contributed by atoms with E-state index in [1.165, 1.54) is 6.92 Å². The highest BCUT2D eigenvalue weighted by molar-refractivity contribution is 7.84. The number of carboxylic acids is 1. The number of aliphatic carboxylic acids is 1. The summed E-state index contributed by atoms with van der Waals surface area (Å²) >= 11 is 0. The fourth-order valence-electron chi connectivity index (χ4n) is 1.57. The molecule has 112 valence electrons. The van der Waals surface area contributed by atoms with Crippen LogP contribution in [0.15, 0.2) is 12.3 Å². The van der Waals surface area contributed by atoms with Crippen LogP contribution in [0.3, 0.4) is 0 Å². The van der Waals surface area contributed by atoms with Crippen LogP contribution < -0.4 is 5.32 Å². The summed E-state index contributed by atoms with van der Waals surface area (Å²) in [7, 11) is -1.41. The second-order valence-electron chi connectivity index (χ2n) is 4.72. The molecular formula is C12H19N3O4S. The van der Waals surface area contributed by atoms with Gasteiger partial charge in [0, 0.05) is 30.0 Å². The highest BCUT2D eigenvalue weighted by Crippen LogP contribution is 2.07. The number of hydrogen-bond acceptors (Lipinski definition) is 4. The van der Waals surface area contributed by atoms with Crippen molar-refractivity contribution < 1.29 is 18.9 Å². The number of amides is 1. The molecule has 1 aromatic heterocycles. The van der Waals surface area contributed by atoms with Crippen LogP contribution in [-0.2, 0) is 26.1 Å². The Balaban J connectivity index is 2.60. The first-order valence-corrected chi connectivity index (χ1v) is 7.67. The van der Waals surface area contributed by atoms with Gasteiger partial charge in [-0.2, -0.15) is 5.10 Å². The van der Waals surface area contributed by atoms with E-state index in [9.17, 15) is 13.8 Å². The minimum absolute atomic E-state index is 0.135. The maximum atomic E-state index is 11.9. The van der Waals surface area contributed by atoms with Gasteiger partial charge in [-0.15, -0.1) is 0 Å². The van der Waals surface area contributed by atoms with E-state index in [0.717, 1.165) is 0 Å². The number of carbonyl (C=O) groups excluding carboxylic acids is 1. The summed E-state index contributed by atoms with van der Waals surface area (Å²) in [4.78, 5) is 21.8. The molecule has 8 heteroatoms. The summed E-state index contributed by atoms with van der Waals surface area (Å²) in [5.41, 5.74) is 0.643. The smallest absolute Gasteiger partial charge is 0.327 e. The van der Waals surface area contributed by atoms with E-state index in [-0.39, 0.29) is 17.5 Å². The first kappa shape index (κ1) is 16.4. The summed E-state index contributed by atoms with van der Waals surface area (Å²) in [6.07, 6.45) is 1.79. The molecule has 2 atom stereocenters. The normalized spacial score (nSPS) is 14.0. The molecule has 0 bridgehead atoms. The number of rotatable bonds is 7. The quantitative estimate of drug-likeness (QED) is 0.754. The average molecular weight is 301 g/mol. The van der Waals surface area contributed by atoms with Crippen molar-refractivity contribution in [2.75, 3.05) is 5.75 Å². The van der Waals surface area contributed by atoms with E-state index in [1.54, 1.807) is 16.9 Å². The molecule has 0 radical (unpaired) electrons. The van der Waals surface area contributed by atoms with E-state index in [1.807, 2.05) is 13.8 Å². The first-order valence-electron chi connectivity index (χ1n) is 6.18. The predicted molar refractivity (Wildman–Crippen MR) is 74.6 cm³/mol. The number of carbonyl (C=O) groups is 2. The Bertz CT molecular complexity index is 513. The topological polar surface area (TPSA) is 101 Å². The Morgan fingerprint density at radius 3 is 2.60 bits per heavy atom. The van der Waals surface area contributed by atoms with Gasteiger partial charge in [0.05, 0.1) is 17.2 Å². The van der Waals surface area contributed by atoms with Gasteiger partial charge in [0.1, 0.15) is 6.04 Å². The highest BCUT2D eigenvalue weighted by atomic mass is 32.2. The van der Waals surface area contributed by atoms with Crippen LogP contribution in [-0.4, -0.2) is 42.8 Å². The van der Waals surface area contributed by atoms with Gasteiger partial charge in [0.25, 0.3) is 0 Å². The zero-order valence-corrected chi connectivity index (χ0v) is 12.5. The maximum Gasteiger partial charge on any atom is 0.327 e. The van der Waals surface area contributed by atoms with Crippen molar-refractivity contribution in [1.82, 2.24) is 15.1 Å². The molecule has 0 aliphatic carbocycles. The largest absolute Gasteiger partial charge is 0.480 e. The van der Waals surface area contributed by atoms with Gasteiger partial charge in [0.15, 0.2) is 0 Å². The molecule has 0 spiro atoms. The Hall–Kier alpha value is -1.70. The highest BCUT2D eigenvalue weighted by Gasteiger charge is 2.21. The lowest BCUT2D eigenvalue weighted by Crippen LogP contribution is -2.43. The lowest BCUT2D eigenvalue weighted by atomic mass is 10.3. The van der Waals surface area contributed by atoms with Crippen molar-refractivity contribution in [2.45, 2.75) is 38.6 Å². The first-order chi connectivity index (χ1) is 9.29. The summed E-state index contributed by atoms with van der Waals surface area (Å²) < 4.78 is 13.7. The van der Waals surface area contributed by atoms with Gasteiger partial charge in [-0.05, 0) is 19.9 Å². The summed E-state index contributed by atoms with van der Waals surface area (Å²) in [5.74, 6) is -1.62. The molecule has 0 saturated heterocycles. The minimum Gasteiger partial charge on any atom is -0.480 e. The van der Waals surface area contributed by atoms with Gasteiger partial charge in [-0.1, -0.05) is 0 Å². The molecule has 0 saturated carbocycles. The lowest BCUT2D eigenvalue weighted by molar-refractivity contribution is -0.140. The number of aromatic nitrogens is 2. The summed E-state index contributed by atoms with van der Waals surface area (Å²) in [6, 6.07) is 0.829. The third kappa shape index (κ3) is 5.12. The van der Waals surface area contributed by atoms with Crippen molar-refractivity contribution in [3.8, 4) is 0 Å². The van der Waals surface area contributed by atoms with Crippen LogP contribution in [0.5, 0.6) is 0 Å². The molecule has 20 heavy (non-hydrogen) atoms. The van der Waals surface area contributed by atoms with Crippen molar-refractivity contribution in [3.63, 3.8) is 0 Å². The molecule has 1 heterocycles. The molecule has 2 N–H and O–H groups in total. The van der Waals surface area contributed by atoms with Crippen molar-refractivity contribution in [1.29, 1.82) is 0 Å². The third-order valence-corrected chi connectivity index (χ3v) is 3.85. The van der Waals surface area contributed by atoms with Gasteiger partial charge < -0.3 is 10.4 Å². The number of nitrogens with one attached hydrogen (secondary N) is 1. The number of hydrogen-bond donors (Lipinski definition) is 2. The molecule has 1 amide bonds. The van der Waals surface area contributed by atoms with Crippen LogP contribution in [0.2, 0.25) is 0 Å². The van der Waals surface area contributed by atoms with Crippen LogP contribution >= 0.6 is 0 Å². The van der Waals surface area contributed by atoms with Gasteiger partial charge in [-0.25, -0.2) is 4.79 Å². The van der Waals surface area contributed by atoms with Crippen LogP contribution in [0.4, 0.5) is 0 Å². The number of carboxylic acid groups (broad SMARTS) is 1. The summed E-state index contributed by atoms with van der Waals surface area (Å²) in [5, 5.41) is 15.5. The van der Waals surface area contributed by atoms with Crippen LogP contribution in [0, 0.1) is 0 Å². The Morgan fingerprint density at radius 1 is 1.50 bits per heavy atom. The molecule has 1 rings (SSSR count). The van der Waals surface area contributed by atoms with E-state index in [4.69, 9.17) is 5.11 Å². The lowest BCUT2D eigenvalue weighted by Gasteiger charge is -2.12. The second kappa shape index (κ2) is 7.18. The van der Waals surface area contributed by atoms with Crippen LogP contribution in [0.1, 0.15) is 32.5 Å². The standard InChI is InChI=1S/C12H19N3O4S/c1-8(2)15-5-4-10(14-15)6-20(19)7-11(12(17)18)13-9(3)16/h4-5,8,11H,6-7H2,1-3H3,(H,13,16)(H,17,18). The van der Waals surface area contributed by atoms with Crippen molar-refractivity contribution >= 4 is 22.7 Å². The minimum atomic E-state index is -1.41. The van der Waals surface area contributed by atoms with E-state index in [0.29, 0.717) is 5.69 Å². The third-order valence-electron chi connectivity index (χ3n) is 2.53. The molecule has 0 aliphatic heterocycles. The molecule has 1 aromatic rings. The van der Waals surface area contributed by atoms with E-state index < -0.39 is 28.7 Å². The fraction of sp³-hybridized carbons (Fsp3) is 0.583. The molecule has 0 fully saturated rings. The maximum absolute atomic E-state index is 11.9. The average Bonchev–Trinajstić information content (AvgIpc) is 2.75. The zero-order chi connectivity index (χ0) is 15.3. The number of nitrogens with zero attached hydrogens (tertiary/aromatic N) is 2.